The van der Waals surface area contributed by atoms with Crippen molar-refractivity contribution in [1.82, 2.24) is 0 Å². The first-order chi connectivity index (χ1) is 7.97. The first-order valence-corrected chi connectivity index (χ1v) is 5.96. The predicted molar refractivity (Wildman–Crippen MR) is 66.8 cm³/mol. The highest BCUT2D eigenvalue weighted by Gasteiger charge is 2.35. The third kappa shape index (κ3) is 3.86. The van der Waals surface area contributed by atoms with Gasteiger partial charge in [0.1, 0.15) is 0 Å². The second kappa shape index (κ2) is 5.82. The van der Waals surface area contributed by atoms with Crippen LogP contribution in [0.1, 0.15) is 32.3 Å². The average molecular weight is 236 g/mol. The van der Waals surface area contributed by atoms with Gasteiger partial charge in [0.2, 0.25) is 0 Å². The Morgan fingerprint density at radius 1 is 1.35 bits per heavy atom. The number of aliphatic carboxylic acids is 1. The molecule has 1 rings (SSSR count). The van der Waals surface area contributed by atoms with Crippen LogP contribution in [0.4, 0.5) is 0 Å². The Balaban J connectivity index is 2.63. The van der Waals surface area contributed by atoms with E-state index in [1.54, 1.807) is 13.8 Å². The minimum atomic E-state index is -1.16. The van der Waals surface area contributed by atoms with Crippen LogP contribution in [0.15, 0.2) is 30.3 Å². The molecule has 0 amide bonds. The first-order valence-electron chi connectivity index (χ1n) is 5.96. The number of carboxylic acids is 1. The summed E-state index contributed by atoms with van der Waals surface area (Å²) in [7, 11) is 0. The van der Waals surface area contributed by atoms with Gasteiger partial charge >= 0.3 is 5.97 Å². The third-order valence-corrected chi connectivity index (χ3v) is 3.22. The zero-order chi connectivity index (χ0) is 12.9. The monoisotopic (exact) mass is 236 g/mol. The molecule has 0 aliphatic carbocycles. The molecule has 0 fully saturated rings. The molecular weight excluding hydrogens is 216 g/mol. The molecule has 3 heteroatoms. The molecule has 0 aromatic heterocycles. The van der Waals surface area contributed by atoms with Crippen molar-refractivity contribution in [3.05, 3.63) is 35.9 Å². The van der Waals surface area contributed by atoms with E-state index in [4.69, 9.17) is 5.11 Å². The summed E-state index contributed by atoms with van der Waals surface area (Å²) in [5, 5.41) is 19.3. The molecule has 0 saturated carbocycles. The zero-order valence-corrected chi connectivity index (χ0v) is 10.4. The molecular formula is C14H20O3. The van der Waals surface area contributed by atoms with Gasteiger partial charge in [-0.25, -0.2) is 0 Å². The van der Waals surface area contributed by atoms with Crippen molar-refractivity contribution in [2.75, 3.05) is 0 Å². The average Bonchev–Trinajstić information content (AvgIpc) is 2.28. The van der Waals surface area contributed by atoms with Gasteiger partial charge in [-0.15, -0.1) is 0 Å². The maximum atomic E-state index is 11.0. The molecule has 0 heterocycles. The molecule has 0 aliphatic heterocycles. The lowest BCUT2D eigenvalue weighted by atomic mass is 9.82. The number of aryl methyl sites for hydroxylation is 1. The fourth-order valence-corrected chi connectivity index (χ4v) is 2.10. The molecule has 17 heavy (non-hydrogen) atoms. The predicted octanol–water partition coefficient (Wildman–Crippen LogP) is 2.48. The highest BCUT2D eigenvalue weighted by molar-refractivity contribution is 5.71. The maximum absolute atomic E-state index is 11.0. The summed E-state index contributed by atoms with van der Waals surface area (Å²) in [6, 6.07) is 9.79. The van der Waals surface area contributed by atoms with E-state index in [0.29, 0.717) is 19.3 Å². The number of benzene rings is 1. The lowest BCUT2D eigenvalue weighted by Crippen LogP contribution is -2.39. The second-order valence-corrected chi connectivity index (χ2v) is 4.64. The molecule has 0 radical (unpaired) electrons. The Hall–Kier alpha value is -1.35. The molecule has 2 atom stereocenters. The quantitative estimate of drug-likeness (QED) is 0.797. The van der Waals surface area contributed by atoms with Crippen LogP contribution in [-0.2, 0) is 11.2 Å². The van der Waals surface area contributed by atoms with Gasteiger partial charge in [-0.1, -0.05) is 37.3 Å². The summed E-state index contributed by atoms with van der Waals surface area (Å²) >= 11 is 0. The summed E-state index contributed by atoms with van der Waals surface area (Å²) in [5.74, 6) is -1.63. The molecule has 94 valence electrons. The number of aliphatic hydroxyl groups is 1. The molecule has 2 unspecified atom stereocenters. The van der Waals surface area contributed by atoms with Crippen LogP contribution in [0.2, 0.25) is 0 Å². The van der Waals surface area contributed by atoms with Gasteiger partial charge in [0.25, 0.3) is 0 Å². The molecule has 3 nitrogen and oxygen atoms in total. The van der Waals surface area contributed by atoms with Gasteiger partial charge in [0.05, 0.1) is 11.5 Å². The fourth-order valence-electron chi connectivity index (χ4n) is 2.10. The highest BCUT2D eigenvalue weighted by Crippen LogP contribution is 2.26. The van der Waals surface area contributed by atoms with Gasteiger partial charge in [-0.3, -0.25) is 4.79 Å². The summed E-state index contributed by atoms with van der Waals surface area (Å²) in [6.07, 6.45) is 1.59. The molecule has 1 aromatic carbocycles. The standard InChI is InChI=1S/C14H20O3/c1-3-12(13(15)16)14(2,17)10-9-11-7-5-4-6-8-11/h4-8,12,17H,3,9-10H2,1-2H3,(H,15,16). The van der Waals surface area contributed by atoms with E-state index in [1.165, 1.54) is 0 Å². The summed E-state index contributed by atoms with van der Waals surface area (Å²) in [6.45, 7) is 3.40. The van der Waals surface area contributed by atoms with E-state index in [9.17, 15) is 9.90 Å². The van der Waals surface area contributed by atoms with Gasteiger partial charge in [-0.2, -0.15) is 0 Å². The number of carboxylic acid groups (broad SMARTS) is 1. The molecule has 0 bridgehead atoms. The van der Waals surface area contributed by atoms with Crippen molar-refractivity contribution in [3.63, 3.8) is 0 Å². The summed E-state index contributed by atoms with van der Waals surface area (Å²) in [4.78, 5) is 11.0. The van der Waals surface area contributed by atoms with Gasteiger partial charge in [0.15, 0.2) is 0 Å². The van der Waals surface area contributed by atoms with Gasteiger partial charge in [-0.05, 0) is 31.7 Å². The Morgan fingerprint density at radius 3 is 2.41 bits per heavy atom. The van der Waals surface area contributed by atoms with Crippen molar-refractivity contribution in [2.24, 2.45) is 5.92 Å². The summed E-state index contributed by atoms with van der Waals surface area (Å²) in [5.41, 5.74) is -0.0378. The highest BCUT2D eigenvalue weighted by atomic mass is 16.4. The number of hydrogen-bond donors (Lipinski definition) is 2. The van der Waals surface area contributed by atoms with Crippen LogP contribution in [0.3, 0.4) is 0 Å². The zero-order valence-electron chi connectivity index (χ0n) is 10.4. The molecule has 0 saturated heterocycles. The van der Waals surface area contributed by atoms with Crippen LogP contribution >= 0.6 is 0 Å². The van der Waals surface area contributed by atoms with E-state index >= 15 is 0 Å². The van der Waals surface area contributed by atoms with Crippen LogP contribution in [0.25, 0.3) is 0 Å². The van der Waals surface area contributed by atoms with Crippen molar-refractivity contribution in [1.29, 1.82) is 0 Å². The third-order valence-electron chi connectivity index (χ3n) is 3.22. The van der Waals surface area contributed by atoms with Gasteiger partial charge in [0, 0.05) is 0 Å². The molecule has 1 aromatic rings. The number of carbonyl (C=O) groups is 1. The minimum absolute atomic E-state index is 0.442. The lowest BCUT2D eigenvalue weighted by Gasteiger charge is -2.29. The molecule has 0 aliphatic rings. The normalized spacial score (nSPS) is 16.2. The van der Waals surface area contributed by atoms with E-state index in [0.717, 1.165) is 5.56 Å². The maximum Gasteiger partial charge on any atom is 0.309 e. The van der Waals surface area contributed by atoms with E-state index in [1.807, 2.05) is 30.3 Å². The van der Waals surface area contributed by atoms with E-state index in [-0.39, 0.29) is 0 Å². The van der Waals surface area contributed by atoms with Crippen LogP contribution in [0.5, 0.6) is 0 Å². The van der Waals surface area contributed by atoms with Crippen molar-refractivity contribution in [2.45, 2.75) is 38.7 Å². The van der Waals surface area contributed by atoms with Crippen molar-refractivity contribution in [3.8, 4) is 0 Å². The first kappa shape index (κ1) is 13.7. The van der Waals surface area contributed by atoms with E-state index in [2.05, 4.69) is 0 Å². The Kier molecular flexibility index (Phi) is 4.70. The van der Waals surface area contributed by atoms with Crippen LogP contribution < -0.4 is 0 Å². The minimum Gasteiger partial charge on any atom is -0.481 e. The Bertz CT molecular complexity index is 357. The number of rotatable bonds is 6. The topological polar surface area (TPSA) is 57.5 Å². The fraction of sp³-hybridized carbons (Fsp3) is 0.500. The van der Waals surface area contributed by atoms with Crippen LogP contribution in [-0.4, -0.2) is 21.8 Å². The van der Waals surface area contributed by atoms with Crippen LogP contribution in [0, 0.1) is 5.92 Å². The molecule has 2 N–H and O–H groups in total. The Labute approximate surface area is 102 Å². The van der Waals surface area contributed by atoms with E-state index < -0.39 is 17.5 Å². The lowest BCUT2D eigenvalue weighted by molar-refractivity contribution is -0.151. The Morgan fingerprint density at radius 2 is 1.94 bits per heavy atom. The summed E-state index contributed by atoms with van der Waals surface area (Å²) < 4.78 is 0. The largest absolute Gasteiger partial charge is 0.481 e. The van der Waals surface area contributed by atoms with Crippen molar-refractivity contribution >= 4 is 5.97 Å². The van der Waals surface area contributed by atoms with Crippen molar-refractivity contribution < 1.29 is 15.0 Å². The molecule has 0 spiro atoms. The second-order valence-electron chi connectivity index (χ2n) is 4.64. The smallest absolute Gasteiger partial charge is 0.309 e. The number of hydrogen-bond acceptors (Lipinski definition) is 2. The van der Waals surface area contributed by atoms with Gasteiger partial charge < -0.3 is 10.2 Å². The SMILES string of the molecule is CCC(C(=O)O)C(C)(O)CCc1ccccc1.